The fourth-order valence-corrected chi connectivity index (χ4v) is 22.9. The van der Waals surface area contributed by atoms with Gasteiger partial charge in [0.25, 0.3) is 0 Å². The molecule has 0 spiro atoms. The lowest BCUT2D eigenvalue weighted by atomic mass is 9.99. The van der Waals surface area contributed by atoms with Crippen LogP contribution in [0.5, 0.6) is 0 Å². The first-order valence-corrected chi connectivity index (χ1v) is 62.3. The van der Waals surface area contributed by atoms with Crippen LogP contribution in [0.3, 0.4) is 0 Å². The van der Waals surface area contributed by atoms with Crippen LogP contribution in [0.1, 0.15) is 132 Å². The number of rotatable bonds is 14. The van der Waals surface area contributed by atoms with Crippen molar-refractivity contribution < 1.29 is 0 Å². The first-order valence-electron chi connectivity index (χ1n) is 37.8. The maximum absolute atomic E-state index is 2.57. The van der Waals surface area contributed by atoms with Crippen LogP contribution < -0.4 is 36.3 Å². The molecule has 0 heterocycles. The second-order valence-corrected chi connectivity index (χ2v) is 70.3. The minimum atomic E-state index is -1.25. The molecule has 8 rings (SSSR count). The summed E-state index contributed by atoms with van der Waals surface area (Å²) in [4.78, 5) is 0. The molecule has 0 nitrogen and oxygen atoms in total. The Morgan fingerprint density at radius 3 is 0.929 bits per heavy atom. The third kappa shape index (κ3) is 32.9. The van der Waals surface area contributed by atoms with Gasteiger partial charge < -0.3 is 0 Å². The zero-order chi connectivity index (χ0) is 75.5. The number of hydrogen-bond acceptors (Lipinski definition) is 0. The zero-order valence-corrected chi connectivity index (χ0v) is 77.5. The van der Waals surface area contributed by atoms with Crippen LogP contribution in [-0.4, -0.2) is 56.5 Å². The van der Waals surface area contributed by atoms with Crippen molar-refractivity contribution in [1.82, 2.24) is 0 Å². The largest absolute Gasteiger partial charge is 0.0779 e. The van der Waals surface area contributed by atoms with Crippen LogP contribution in [0.4, 0.5) is 0 Å². The van der Waals surface area contributed by atoms with Crippen molar-refractivity contribution in [1.29, 1.82) is 0 Å². The Morgan fingerprint density at radius 1 is 0.204 bits per heavy atom. The first kappa shape index (κ1) is 91.3. The van der Waals surface area contributed by atoms with E-state index >= 15 is 0 Å². The molecule has 0 aliphatic heterocycles. The average molecular weight is 1440 g/mol. The Hall–Kier alpha value is -4.72. The predicted octanol–water partition coefficient (Wildman–Crippen LogP) is 23.7. The quantitative estimate of drug-likeness (QED) is 0.0952. The molecule has 0 aliphatic rings. The molecule has 0 amide bonds. The summed E-state index contributed by atoms with van der Waals surface area (Å²) >= 11 is 0. The molecule has 0 radical (unpaired) electrons. The molecule has 0 saturated heterocycles. The molecule has 540 valence electrons. The summed E-state index contributed by atoms with van der Waals surface area (Å²) < 4.78 is 0. The van der Waals surface area contributed by atoms with Crippen LogP contribution in [0, 0.1) is 55.4 Å². The zero-order valence-electron chi connectivity index (χ0n) is 70.5. The summed E-state index contributed by atoms with van der Waals surface area (Å²) in [5.74, 6) is 0. The number of benzene rings is 8. The molecule has 0 unspecified atom stereocenters. The van der Waals surface area contributed by atoms with Gasteiger partial charge in [-0.3, -0.25) is 0 Å². The van der Waals surface area contributed by atoms with Crippen molar-refractivity contribution in [2.24, 2.45) is 0 Å². The highest BCUT2D eigenvalue weighted by atomic mass is 28.3. The minimum absolute atomic E-state index is 1.14. The normalized spacial score (nSPS) is 11.6. The minimum Gasteiger partial charge on any atom is -0.0656 e. The standard InChI is InChI=1S/C16H32Si3.2C13H24Si2.2C11H16.3C9H12/c1-13-15(18(5,6)7)11-14(17(2,3)4)12-16(13)19(8,9)10;1-11-8-12(14(2,3)4)10-13(9-11)15(5,6)7;1-11-8-9-12(14(2,3)4)10-13(11)15(5,6)7;1-4-10-7-6-9(3)11(5-2)8-10;1-4-10-7-6-8-11(5-2)9(10)3;1-3-9-6-4-8(2)5-7-9;1-3-9-6-4-5-8(2)7-9;1-3-9-7-5-4-6-8(9)2/h11-12H,1-10H3;2*8-10H,1-7H3;2*6-8H,4-5H2,1-3H3;3*4-7H,3H2,1-2H3. The molecular formula is C91H148Si7. The smallest absolute Gasteiger partial charge is 0.0656 e. The van der Waals surface area contributed by atoms with E-state index in [4.69, 9.17) is 0 Å². The highest BCUT2D eigenvalue weighted by molar-refractivity contribution is 6.95. The van der Waals surface area contributed by atoms with Gasteiger partial charge in [0.15, 0.2) is 0 Å². The van der Waals surface area contributed by atoms with E-state index in [1.54, 1.807) is 41.9 Å². The van der Waals surface area contributed by atoms with Gasteiger partial charge in [-0.05, 0) is 156 Å². The molecule has 0 fully saturated rings. The number of aryl methyl sites for hydroxylation is 13. The summed E-state index contributed by atoms with van der Waals surface area (Å²) in [6, 6.07) is 58.6. The molecule has 0 saturated carbocycles. The molecule has 98 heavy (non-hydrogen) atoms. The Labute approximate surface area is 615 Å². The van der Waals surface area contributed by atoms with Crippen molar-refractivity contribution in [3.8, 4) is 0 Å². The maximum atomic E-state index is 2.57. The van der Waals surface area contributed by atoms with Gasteiger partial charge in [0.05, 0.1) is 56.5 Å². The first-order chi connectivity index (χ1) is 45.0. The van der Waals surface area contributed by atoms with Crippen molar-refractivity contribution >= 4 is 92.8 Å². The van der Waals surface area contributed by atoms with Crippen LogP contribution in [0.2, 0.25) is 137 Å². The summed E-state index contributed by atoms with van der Waals surface area (Å²) in [5, 5.41) is 11.5. The molecule has 0 atom stereocenters. The van der Waals surface area contributed by atoms with Gasteiger partial charge in [0.2, 0.25) is 0 Å². The fourth-order valence-electron chi connectivity index (χ4n) is 11.8. The van der Waals surface area contributed by atoms with Gasteiger partial charge in [0.1, 0.15) is 0 Å². The lowest BCUT2D eigenvalue weighted by Crippen LogP contribution is -2.53. The van der Waals surface area contributed by atoms with Gasteiger partial charge in [0, 0.05) is 0 Å². The fraction of sp³-hybridized carbons (Fsp3) is 0.473. The van der Waals surface area contributed by atoms with Gasteiger partial charge in [-0.2, -0.15) is 0 Å². The Kier molecular flexibility index (Phi) is 38.6. The summed E-state index contributed by atoms with van der Waals surface area (Å²) in [6.45, 7) is 84.4. The van der Waals surface area contributed by atoms with E-state index in [1.165, 1.54) is 77.9 Å². The van der Waals surface area contributed by atoms with Crippen LogP contribution in [0.15, 0.2) is 158 Å². The van der Waals surface area contributed by atoms with Crippen molar-refractivity contribution in [3.05, 3.63) is 241 Å². The molecule has 0 N–H and O–H groups in total. The Balaban J connectivity index is 0.000000568. The predicted molar refractivity (Wildman–Crippen MR) is 476 cm³/mol. The molecular weight excluding hydrogens is 1290 g/mol. The van der Waals surface area contributed by atoms with Crippen LogP contribution in [0.25, 0.3) is 0 Å². The highest BCUT2D eigenvalue weighted by Crippen LogP contribution is 2.17. The molecule has 0 bridgehead atoms. The van der Waals surface area contributed by atoms with Gasteiger partial charge in [-0.1, -0.05) is 408 Å². The van der Waals surface area contributed by atoms with Gasteiger partial charge in [-0.15, -0.1) is 0 Å². The van der Waals surface area contributed by atoms with E-state index in [0.717, 1.165) is 44.9 Å². The molecule has 0 aliphatic carbocycles. The topological polar surface area (TPSA) is 0 Å². The third-order valence-electron chi connectivity index (χ3n) is 18.8. The van der Waals surface area contributed by atoms with Crippen LogP contribution >= 0.6 is 0 Å². The average Bonchev–Trinajstić information content (AvgIpc) is 0.781. The van der Waals surface area contributed by atoms with Gasteiger partial charge in [-0.25, -0.2) is 0 Å². The maximum Gasteiger partial charge on any atom is 0.0779 e. The van der Waals surface area contributed by atoms with Crippen molar-refractivity contribution in [3.63, 3.8) is 0 Å². The van der Waals surface area contributed by atoms with E-state index in [1.807, 2.05) is 0 Å². The second-order valence-electron chi connectivity index (χ2n) is 34.9. The third-order valence-corrected chi connectivity index (χ3v) is 33.3. The van der Waals surface area contributed by atoms with Gasteiger partial charge >= 0.3 is 0 Å². The summed E-state index contributed by atoms with van der Waals surface area (Å²) in [5.41, 5.74) is 21.8. The molecule has 7 heteroatoms. The lowest BCUT2D eigenvalue weighted by molar-refractivity contribution is 1.05. The van der Waals surface area contributed by atoms with E-state index in [9.17, 15) is 0 Å². The summed E-state index contributed by atoms with van der Waals surface area (Å²) in [7, 11) is -8.36. The lowest BCUT2D eigenvalue weighted by Gasteiger charge is -2.30. The monoisotopic (exact) mass is 1440 g/mol. The Bertz CT molecular complexity index is 3530. The number of hydrogen-bond donors (Lipinski definition) is 0. The Morgan fingerprint density at radius 2 is 0.561 bits per heavy atom. The van der Waals surface area contributed by atoms with E-state index in [2.05, 4.69) is 399 Å². The van der Waals surface area contributed by atoms with E-state index in [0.29, 0.717) is 0 Å². The van der Waals surface area contributed by atoms with Crippen molar-refractivity contribution in [2.75, 3.05) is 0 Å². The summed E-state index contributed by atoms with van der Waals surface area (Å²) in [6.07, 6.45) is 8.03. The molecule has 8 aromatic rings. The highest BCUT2D eigenvalue weighted by Gasteiger charge is 2.30. The van der Waals surface area contributed by atoms with E-state index < -0.39 is 56.5 Å². The van der Waals surface area contributed by atoms with E-state index in [-0.39, 0.29) is 0 Å². The second kappa shape index (κ2) is 41.4. The van der Waals surface area contributed by atoms with Crippen LogP contribution in [-0.2, 0) is 44.9 Å². The SMILES string of the molecule is CCc1ccc(C)c(CC)c1.CCc1ccc(C)cc1.CCc1cccc(C)c1.CCc1cccc(CC)c1C.CCc1ccccc1C.Cc1c([Si](C)(C)C)cc([Si](C)(C)C)cc1[Si](C)(C)C.Cc1cc([Si](C)(C)C)cc([Si](C)(C)C)c1.Cc1ccc([Si](C)(C)C)cc1[Si](C)(C)C. The molecule has 0 aromatic heterocycles. The van der Waals surface area contributed by atoms with Crippen molar-refractivity contribution in [2.45, 2.75) is 286 Å². The molecule has 8 aromatic carbocycles.